The van der Waals surface area contributed by atoms with Gasteiger partial charge in [-0.2, -0.15) is 0 Å². The molecule has 1 amide bonds. The molecule has 1 fully saturated rings. The Morgan fingerprint density at radius 2 is 1.95 bits per heavy atom. The van der Waals surface area contributed by atoms with E-state index in [2.05, 4.69) is 10.1 Å². The highest BCUT2D eigenvalue weighted by atomic mass is 35.5. The largest absolute Gasteiger partial charge is 0.468 e. The van der Waals surface area contributed by atoms with Crippen LogP contribution in [0.4, 0.5) is 0 Å². The van der Waals surface area contributed by atoms with E-state index in [1.807, 2.05) is 12.1 Å². The lowest BCUT2D eigenvalue weighted by atomic mass is 10.1. The highest BCUT2D eigenvalue weighted by Gasteiger charge is 2.44. The zero-order chi connectivity index (χ0) is 14.0. The number of esters is 1. The molecule has 0 radical (unpaired) electrons. The highest BCUT2D eigenvalue weighted by Crippen LogP contribution is 2.48. The molecule has 2 unspecified atom stereocenters. The summed E-state index contributed by atoms with van der Waals surface area (Å²) in [6.45, 7) is -0.102. The molecule has 0 spiro atoms. The van der Waals surface area contributed by atoms with Gasteiger partial charge in [-0.1, -0.05) is 23.2 Å². The van der Waals surface area contributed by atoms with Crippen molar-refractivity contribution in [2.45, 2.75) is 12.3 Å². The van der Waals surface area contributed by atoms with Crippen LogP contribution in [0.3, 0.4) is 0 Å². The van der Waals surface area contributed by atoms with E-state index in [0.29, 0.717) is 10.0 Å². The highest BCUT2D eigenvalue weighted by molar-refractivity contribution is 6.34. The Balaban J connectivity index is 1.93. The monoisotopic (exact) mass is 301 g/mol. The van der Waals surface area contributed by atoms with E-state index in [0.717, 1.165) is 12.0 Å². The number of carbonyl (C=O) groups is 2. The fourth-order valence-electron chi connectivity index (χ4n) is 2.00. The van der Waals surface area contributed by atoms with Crippen molar-refractivity contribution in [1.29, 1.82) is 0 Å². The third-order valence-electron chi connectivity index (χ3n) is 3.07. The maximum Gasteiger partial charge on any atom is 0.325 e. The van der Waals surface area contributed by atoms with Crippen molar-refractivity contribution >= 4 is 35.1 Å². The fraction of sp³-hybridized carbons (Fsp3) is 0.385. The van der Waals surface area contributed by atoms with Crippen LogP contribution in [0.15, 0.2) is 18.2 Å². The summed E-state index contributed by atoms with van der Waals surface area (Å²) in [5.41, 5.74) is 0.954. The van der Waals surface area contributed by atoms with Crippen molar-refractivity contribution in [2.75, 3.05) is 13.7 Å². The van der Waals surface area contributed by atoms with Gasteiger partial charge in [0.2, 0.25) is 5.91 Å². The van der Waals surface area contributed by atoms with Crippen molar-refractivity contribution in [2.24, 2.45) is 5.92 Å². The van der Waals surface area contributed by atoms with Crippen LogP contribution in [-0.4, -0.2) is 25.5 Å². The normalized spacial score (nSPS) is 20.8. The second-order valence-corrected chi connectivity index (χ2v) is 5.32. The van der Waals surface area contributed by atoms with Gasteiger partial charge in [-0.15, -0.1) is 0 Å². The molecule has 6 heteroatoms. The molecule has 1 saturated carbocycles. The first-order valence-electron chi connectivity index (χ1n) is 5.81. The van der Waals surface area contributed by atoms with Crippen LogP contribution in [0.1, 0.15) is 17.9 Å². The average Bonchev–Trinajstić information content (AvgIpc) is 3.14. The number of halogens is 2. The topological polar surface area (TPSA) is 55.4 Å². The van der Waals surface area contributed by atoms with Gasteiger partial charge >= 0.3 is 5.97 Å². The van der Waals surface area contributed by atoms with Crippen molar-refractivity contribution in [3.05, 3.63) is 33.8 Å². The third-order valence-corrected chi connectivity index (χ3v) is 3.51. The van der Waals surface area contributed by atoms with Crippen LogP contribution < -0.4 is 5.32 Å². The second-order valence-electron chi connectivity index (χ2n) is 4.45. The number of carbonyl (C=O) groups excluding carboxylic acids is 2. The lowest BCUT2D eigenvalue weighted by Gasteiger charge is -2.04. The van der Waals surface area contributed by atoms with Crippen LogP contribution in [-0.2, 0) is 14.3 Å². The summed E-state index contributed by atoms with van der Waals surface area (Å²) >= 11 is 11.8. The average molecular weight is 302 g/mol. The molecule has 1 aliphatic carbocycles. The van der Waals surface area contributed by atoms with Gasteiger partial charge in [-0.05, 0) is 36.1 Å². The lowest BCUT2D eigenvalue weighted by molar-refractivity contribution is -0.141. The minimum absolute atomic E-state index is 0.102. The Bertz CT molecular complexity index is 498. The summed E-state index contributed by atoms with van der Waals surface area (Å²) < 4.78 is 4.46. The molecule has 0 aliphatic heterocycles. The molecular formula is C13H13Cl2NO3. The minimum atomic E-state index is -0.462. The number of hydrogen-bond donors (Lipinski definition) is 1. The summed E-state index contributed by atoms with van der Waals surface area (Å²) in [6, 6.07) is 5.28. The Kier molecular flexibility index (Phi) is 4.32. The Labute approximate surface area is 121 Å². The zero-order valence-corrected chi connectivity index (χ0v) is 11.8. The zero-order valence-electron chi connectivity index (χ0n) is 10.3. The first-order valence-corrected chi connectivity index (χ1v) is 6.57. The van der Waals surface area contributed by atoms with E-state index in [4.69, 9.17) is 23.2 Å². The molecule has 1 aliphatic rings. The number of amides is 1. The molecule has 19 heavy (non-hydrogen) atoms. The van der Waals surface area contributed by atoms with Crippen molar-refractivity contribution < 1.29 is 14.3 Å². The quantitative estimate of drug-likeness (QED) is 0.869. The number of nitrogens with one attached hydrogen (secondary N) is 1. The van der Waals surface area contributed by atoms with Gasteiger partial charge in [0.25, 0.3) is 0 Å². The molecule has 2 atom stereocenters. The first kappa shape index (κ1) is 14.2. The standard InChI is InChI=1S/C13H13Cl2NO3/c1-19-12(17)6-16-13(18)11-5-10(11)7-2-8(14)4-9(15)3-7/h2-4,10-11H,5-6H2,1H3,(H,16,18). The van der Waals surface area contributed by atoms with E-state index in [1.165, 1.54) is 7.11 Å². The minimum Gasteiger partial charge on any atom is -0.468 e. The summed E-state index contributed by atoms with van der Waals surface area (Å²) in [4.78, 5) is 22.7. The van der Waals surface area contributed by atoms with E-state index >= 15 is 0 Å². The van der Waals surface area contributed by atoms with E-state index in [1.54, 1.807) is 6.07 Å². The Hall–Kier alpha value is -1.26. The van der Waals surface area contributed by atoms with Crippen molar-refractivity contribution in [3.8, 4) is 0 Å². The molecule has 0 bridgehead atoms. The number of benzene rings is 1. The summed E-state index contributed by atoms with van der Waals surface area (Å²) in [5.74, 6) is -0.615. The van der Waals surface area contributed by atoms with Gasteiger partial charge in [-0.3, -0.25) is 9.59 Å². The third kappa shape index (κ3) is 3.61. The second kappa shape index (κ2) is 5.80. The van der Waals surface area contributed by atoms with Crippen LogP contribution in [0.2, 0.25) is 10.0 Å². The number of ether oxygens (including phenoxy) is 1. The molecule has 2 rings (SSSR count). The molecule has 102 valence electrons. The Morgan fingerprint density at radius 3 is 2.53 bits per heavy atom. The summed E-state index contributed by atoms with van der Waals surface area (Å²) in [7, 11) is 1.28. The predicted octanol–water partition coefficient (Wildman–Crippen LogP) is 2.39. The maximum atomic E-state index is 11.8. The van der Waals surface area contributed by atoms with Crippen LogP contribution in [0.25, 0.3) is 0 Å². The smallest absolute Gasteiger partial charge is 0.325 e. The van der Waals surface area contributed by atoms with Crippen LogP contribution in [0.5, 0.6) is 0 Å². The first-order chi connectivity index (χ1) is 9.01. The van der Waals surface area contributed by atoms with E-state index < -0.39 is 5.97 Å². The molecule has 1 aromatic carbocycles. The fourth-order valence-corrected chi connectivity index (χ4v) is 2.55. The van der Waals surface area contributed by atoms with Crippen LogP contribution in [0, 0.1) is 5.92 Å². The molecule has 0 heterocycles. The van der Waals surface area contributed by atoms with Crippen molar-refractivity contribution in [1.82, 2.24) is 5.32 Å². The van der Waals surface area contributed by atoms with Gasteiger partial charge in [0.15, 0.2) is 0 Å². The van der Waals surface area contributed by atoms with Gasteiger partial charge < -0.3 is 10.1 Å². The number of hydrogen-bond acceptors (Lipinski definition) is 3. The predicted molar refractivity (Wildman–Crippen MR) is 72.3 cm³/mol. The SMILES string of the molecule is COC(=O)CNC(=O)C1CC1c1cc(Cl)cc(Cl)c1. The summed E-state index contributed by atoms with van der Waals surface area (Å²) in [6.07, 6.45) is 0.740. The number of rotatable bonds is 4. The molecule has 0 saturated heterocycles. The van der Waals surface area contributed by atoms with E-state index in [-0.39, 0.29) is 24.3 Å². The lowest BCUT2D eigenvalue weighted by Crippen LogP contribution is -2.31. The summed E-state index contributed by atoms with van der Waals surface area (Å²) in [5, 5.41) is 3.66. The van der Waals surface area contributed by atoms with E-state index in [9.17, 15) is 9.59 Å². The van der Waals surface area contributed by atoms with Gasteiger partial charge in [0, 0.05) is 16.0 Å². The molecule has 0 aromatic heterocycles. The van der Waals surface area contributed by atoms with Crippen LogP contribution >= 0.6 is 23.2 Å². The molecule has 1 N–H and O–H groups in total. The van der Waals surface area contributed by atoms with Gasteiger partial charge in [0.1, 0.15) is 6.54 Å². The van der Waals surface area contributed by atoms with Crippen molar-refractivity contribution in [3.63, 3.8) is 0 Å². The Morgan fingerprint density at radius 1 is 1.32 bits per heavy atom. The van der Waals surface area contributed by atoms with Gasteiger partial charge in [-0.25, -0.2) is 0 Å². The molecule has 1 aromatic rings. The number of methoxy groups -OCH3 is 1. The maximum absolute atomic E-state index is 11.8. The molecular weight excluding hydrogens is 289 g/mol. The molecule has 4 nitrogen and oxygen atoms in total. The van der Waals surface area contributed by atoms with Gasteiger partial charge in [0.05, 0.1) is 7.11 Å².